The summed E-state index contributed by atoms with van der Waals surface area (Å²) in [6.45, 7) is 7.45. The molecule has 2 heterocycles. The quantitative estimate of drug-likeness (QED) is 0.686. The smallest absolute Gasteiger partial charge is 0.338 e. The van der Waals surface area contributed by atoms with Crippen LogP contribution >= 0.6 is 0 Å². The number of esters is 1. The zero-order chi connectivity index (χ0) is 13.0. The largest absolute Gasteiger partial charge is 0.456 e. The number of fused-ring (bicyclic) bond motifs is 1. The van der Waals surface area contributed by atoms with E-state index >= 15 is 0 Å². The summed E-state index contributed by atoms with van der Waals surface area (Å²) in [5.41, 5.74) is -1.21. The van der Waals surface area contributed by atoms with E-state index in [2.05, 4.69) is 5.32 Å². The van der Waals surface area contributed by atoms with Crippen molar-refractivity contribution in [2.75, 3.05) is 0 Å². The number of amides is 1. The molecule has 2 aliphatic heterocycles. The van der Waals surface area contributed by atoms with Crippen molar-refractivity contribution in [1.29, 1.82) is 0 Å². The summed E-state index contributed by atoms with van der Waals surface area (Å²) in [4.78, 5) is 23.6. The summed E-state index contributed by atoms with van der Waals surface area (Å²) in [5.74, 6) is -1.11. The van der Waals surface area contributed by atoms with Crippen molar-refractivity contribution >= 4 is 11.9 Å². The average Bonchev–Trinajstić information content (AvgIpc) is 2.46. The lowest BCUT2D eigenvalue weighted by molar-refractivity contribution is -0.209. The second kappa shape index (κ2) is 3.70. The summed E-state index contributed by atoms with van der Waals surface area (Å²) in [7, 11) is 0. The summed E-state index contributed by atoms with van der Waals surface area (Å²) >= 11 is 0. The Balaban J connectivity index is 2.34. The van der Waals surface area contributed by atoms with E-state index in [1.807, 2.05) is 27.7 Å². The highest BCUT2D eigenvalue weighted by Crippen LogP contribution is 2.45. The van der Waals surface area contributed by atoms with Crippen molar-refractivity contribution in [1.82, 2.24) is 5.32 Å². The van der Waals surface area contributed by atoms with Gasteiger partial charge in [-0.05, 0) is 11.8 Å². The molecule has 2 rings (SSSR count). The van der Waals surface area contributed by atoms with Crippen LogP contribution in [0.3, 0.4) is 0 Å². The number of hydrogen-bond donors (Lipinski definition) is 2. The zero-order valence-electron chi connectivity index (χ0n) is 10.6. The van der Waals surface area contributed by atoms with E-state index in [1.165, 1.54) is 0 Å². The number of hydrogen-bond acceptors (Lipinski definition) is 4. The number of aliphatic hydroxyl groups is 1. The van der Waals surface area contributed by atoms with Crippen LogP contribution in [0.25, 0.3) is 0 Å². The highest BCUT2D eigenvalue weighted by molar-refractivity contribution is 6.00. The molecule has 0 aromatic heterocycles. The van der Waals surface area contributed by atoms with E-state index in [0.29, 0.717) is 0 Å². The predicted octanol–water partition coefficient (Wildman–Crippen LogP) is 0.0695. The molecule has 2 N–H and O–H groups in total. The van der Waals surface area contributed by atoms with Crippen LogP contribution in [-0.2, 0) is 14.3 Å². The minimum absolute atomic E-state index is 0.0781. The number of ether oxygens (including phenoxy) is 1. The summed E-state index contributed by atoms with van der Waals surface area (Å²) in [6.07, 6.45) is -1.43. The number of rotatable bonds is 3. The van der Waals surface area contributed by atoms with Crippen LogP contribution in [0.2, 0.25) is 0 Å². The van der Waals surface area contributed by atoms with Crippen molar-refractivity contribution < 1.29 is 19.4 Å². The number of nitrogens with one attached hydrogen (secondary N) is 1. The van der Waals surface area contributed by atoms with E-state index < -0.39 is 23.7 Å². The summed E-state index contributed by atoms with van der Waals surface area (Å²) in [6, 6.07) is 0. The Morgan fingerprint density at radius 3 is 2.29 bits per heavy atom. The number of carbonyl (C=O) groups excluding carboxylic acids is 2. The average molecular weight is 241 g/mol. The van der Waals surface area contributed by atoms with E-state index in [4.69, 9.17) is 4.74 Å². The summed E-state index contributed by atoms with van der Waals surface area (Å²) < 4.78 is 5.10. The molecule has 2 fully saturated rings. The van der Waals surface area contributed by atoms with E-state index in [0.717, 1.165) is 0 Å². The van der Waals surface area contributed by atoms with Crippen LogP contribution in [0.5, 0.6) is 0 Å². The van der Waals surface area contributed by atoms with Crippen LogP contribution in [0.4, 0.5) is 0 Å². The maximum Gasteiger partial charge on any atom is 0.338 e. The Hall–Kier alpha value is -1.10. The van der Waals surface area contributed by atoms with Crippen LogP contribution < -0.4 is 5.32 Å². The highest BCUT2D eigenvalue weighted by atomic mass is 16.6. The summed E-state index contributed by atoms with van der Waals surface area (Å²) in [5, 5.41) is 12.8. The molecule has 0 bridgehead atoms. The zero-order valence-corrected chi connectivity index (χ0v) is 10.6. The number of aliphatic hydroxyl groups excluding tert-OH is 1. The first-order valence-corrected chi connectivity index (χ1v) is 6.03. The first-order valence-electron chi connectivity index (χ1n) is 6.03. The lowest BCUT2D eigenvalue weighted by atomic mass is 9.73. The lowest BCUT2D eigenvalue weighted by Crippen LogP contribution is -2.74. The van der Waals surface area contributed by atoms with Gasteiger partial charge in [0.15, 0.2) is 6.10 Å². The topological polar surface area (TPSA) is 75.6 Å². The SMILES string of the molecule is CC(C)[C@H]1C(=O)N[C@]2([C@@H](O)C(C)C)C(=O)OC12. The fourth-order valence-electron chi connectivity index (χ4n) is 2.81. The van der Waals surface area contributed by atoms with Gasteiger partial charge in [0.25, 0.3) is 0 Å². The molecule has 0 aliphatic carbocycles. The van der Waals surface area contributed by atoms with Crippen LogP contribution in [0, 0.1) is 17.8 Å². The molecule has 0 saturated carbocycles. The molecular weight excluding hydrogens is 222 g/mol. The Morgan fingerprint density at radius 1 is 1.29 bits per heavy atom. The number of carbonyl (C=O) groups is 2. The van der Waals surface area contributed by atoms with Gasteiger partial charge in [-0.1, -0.05) is 27.7 Å². The van der Waals surface area contributed by atoms with E-state index in [-0.39, 0.29) is 23.7 Å². The monoisotopic (exact) mass is 241 g/mol. The first-order chi connectivity index (χ1) is 7.82. The van der Waals surface area contributed by atoms with Gasteiger partial charge in [0.1, 0.15) is 0 Å². The second-order valence-corrected chi connectivity index (χ2v) is 5.64. The third kappa shape index (κ3) is 1.41. The molecule has 0 aromatic rings. The minimum Gasteiger partial charge on any atom is -0.456 e. The van der Waals surface area contributed by atoms with Gasteiger partial charge in [-0.15, -0.1) is 0 Å². The molecule has 0 aromatic carbocycles. The van der Waals surface area contributed by atoms with E-state index in [1.54, 1.807) is 0 Å². The van der Waals surface area contributed by atoms with Crippen LogP contribution in [-0.4, -0.2) is 34.7 Å². The normalized spacial score (nSPS) is 37.6. The Labute approximate surface area is 101 Å². The van der Waals surface area contributed by atoms with Crippen molar-refractivity contribution in [3.63, 3.8) is 0 Å². The van der Waals surface area contributed by atoms with Gasteiger partial charge in [-0.3, -0.25) is 4.79 Å². The van der Waals surface area contributed by atoms with Crippen molar-refractivity contribution in [2.45, 2.75) is 45.4 Å². The van der Waals surface area contributed by atoms with Gasteiger partial charge in [0, 0.05) is 0 Å². The Kier molecular flexibility index (Phi) is 2.69. The molecule has 96 valence electrons. The maximum atomic E-state index is 11.9. The van der Waals surface area contributed by atoms with Gasteiger partial charge in [-0.2, -0.15) is 0 Å². The standard InChI is InChI=1S/C12H19NO4/c1-5(2)7-9-12(11(16)17-9,13-10(7)15)8(14)6(3)4/h5-9,14H,1-4H3,(H,13,15)/t7-,8+,9?,12+/m1/s1. The molecule has 2 saturated heterocycles. The van der Waals surface area contributed by atoms with Crippen molar-refractivity contribution in [2.24, 2.45) is 17.8 Å². The molecule has 1 unspecified atom stereocenters. The molecule has 4 atom stereocenters. The Morgan fingerprint density at radius 2 is 1.88 bits per heavy atom. The molecule has 0 radical (unpaired) electrons. The third-order valence-corrected chi connectivity index (χ3v) is 3.80. The lowest BCUT2D eigenvalue weighted by Gasteiger charge is -2.47. The molecular formula is C12H19NO4. The maximum absolute atomic E-state index is 11.9. The second-order valence-electron chi connectivity index (χ2n) is 5.64. The van der Waals surface area contributed by atoms with Crippen molar-refractivity contribution in [3.8, 4) is 0 Å². The van der Waals surface area contributed by atoms with Gasteiger partial charge in [0.05, 0.1) is 12.0 Å². The van der Waals surface area contributed by atoms with Gasteiger partial charge < -0.3 is 15.2 Å². The van der Waals surface area contributed by atoms with Crippen LogP contribution in [0.1, 0.15) is 27.7 Å². The minimum atomic E-state index is -1.21. The molecule has 2 aliphatic rings. The third-order valence-electron chi connectivity index (χ3n) is 3.80. The fourth-order valence-corrected chi connectivity index (χ4v) is 2.81. The molecule has 5 nitrogen and oxygen atoms in total. The van der Waals surface area contributed by atoms with Gasteiger partial charge in [-0.25, -0.2) is 4.79 Å². The van der Waals surface area contributed by atoms with Gasteiger partial charge >= 0.3 is 5.97 Å². The first kappa shape index (κ1) is 12.4. The van der Waals surface area contributed by atoms with E-state index in [9.17, 15) is 14.7 Å². The molecule has 0 spiro atoms. The Bertz CT molecular complexity index is 366. The highest BCUT2D eigenvalue weighted by Gasteiger charge is 2.72. The van der Waals surface area contributed by atoms with Crippen LogP contribution in [0.15, 0.2) is 0 Å². The fraction of sp³-hybridized carbons (Fsp3) is 0.833. The van der Waals surface area contributed by atoms with Gasteiger partial charge in [0.2, 0.25) is 11.4 Å². The molecule has 5 heteroatoms. The van der Waals surface area contributed by atoms with Crippen molar-refractivity contribution in [3.05, 3.63) is 0 Å². The predicted molar refractivity (Wildman–Crippen MR) is 59.9 cm³/mol. The molecule has 1 amide bonds. The molecule has 17 heavy (non-hydrogen) atoms.